The molecule has 1 fully saturated rings. The lowest BCUT2D eigenvalue weighted by atomic mass is 9.89. The van der Waals surface area contributed by atoms with E-state index in [1.807, 2.05) is 30.3 Å². The van der Waals surface area contributed by atoms with E-state index in [2.05, 4.69) is 11.9 Å². The van der Waals surface area contributed by atoms with Gasteiger partial charge in [0.2, 0.25) is 0 Å². The molecule has 0 aromatic heterocycles. The Labute approximate surface area is 121 Å². The lowest BCUT2D eigenvalue weighted by Crippen LogP contribution is -2.45. The Morgan fingerprint density at radius 1 is 1.30 bits per heavy atom. The molecule has 1 heterocycles. The lowest BCUT2D eigenvalue weighted by molar-refractivity contribution is -0.118. The zero-order valence-corrected chi connectivity index (χ0v) is 12.5. The molecule has 0 saturated carbocycles. The van der Waals surface area contributed by atoms with Gasteiger partial charge in [-0.3, -0.25) is 9.69 Å². The number of aliphatic hydroxyl groups excluding tert-OH is 1. The minimum Gasteiger partial charge on any atom is -0.388 e. The Morgan fingerprint density at radius 2 is 1.95 bits per heavy atom. The fourth-order valence-electron chi connectivity index (χ4n) is 3.23. The number of hydrogen-bond donors (Lipinski definition) is 1. The van der Waals surface area contributed by atoms with Gasteiger partial charge in [-0.15, -0.1) is 0 Å². The van der Waals surface area contributed by atoms with Crippen molar-refractivity contribution in [3.05, 3.63) is 35.9 Å². The number of aliphatic hydroxyl groups is 1. The fourth-order valence-corrected chi connectivity index (χ4v) is 3.23. The van der Waals surface area contributed by atoms with Crippen molar-refractivity contribution in [1.29, 1.82) is 0 Å². The fraction of sp³-hybridized carbons (Fsp3) is 0.588. The van der Waals surface area contributed by atoms with Crippen LogP contribution in [0.2, 0.25) is 0 Å². The van der Waals surface area contributed by atoms with Crippen LogP contribution in [0.15, 0.2) is 30.3 Å². The molecule has 110 valence electrons. The van der Waals surface area contributed by atoms with Gasteiger partial charge >= 0.3 is 0 Å². The molecule has 3 heteroatoms. The quantitative estimate of drug-likeness (QED) is 0.898. The van der Waals surface area contributed by atoms with E-state index in [0.717, 1.165) is 31.2 Å². The van der Waals surface area contributed by atoms with Crippen molar-refractivity contribution in [3.8, 4) is 0 Å². The lowest BCUT2D eigenvalue weighted by Gasteiger charge is -2.40. The standard InChI is InChI=1S/C17H25NO2/c1-13(19)11-15-9-6-10-16(18(15)2)12-17(20)14-7-4-3-5-8-14/h3-5,7-8,15-17,20H,6,9-12H2,1-2H3/t15-,16+,17+/m1/s1. The van der Waals surface area contributed by atoms with Gasteiger partial charge < -0.3 is 5.11 Å². The number of nitrogens with zero attached hydrogens (tertiary/aromatic N) is 1. The van der Waals surface area contributed by atoms with Crippen molar-refractivity contribution >= 4 is 5.78 Å². The van der Waals surface area contributed by atoms with E-state index >= 15 is 0 Å². The number of benzene rings is 1. The van der Waals surface area contributed by atoms with Crippen LogP contribution < -0.4 is 0 Å². The van der Waals surface area contributed by atoms with E-state index in [-0.39, 0.29) is 5.78 Å². The van der Waals surface area contributed by atoms with E-state index < -0.39 is 6.10 Å². The number of rotatable bonds is 5. The Kier molecular flexibility index (Phi) is 5.32. The molecule has 2 rings (SSSR count). The first kappa shape index (κ1) is 15.2. The monoisotopic (exact) mass is 275 g/mol. The Bertz CT molecular complexity index is 432. The first-order chi connectivity index (χ1) is 9.58. The van der Waals surface area contributed by atoms with Crippen LogP contribution in [0.1, 0.15) is 50.7 Å². The van der Waals surface area contributed by atoms with Gasteiger partial charge in [-0.25, -0.2) is 0 Å². The maximum absolute atomic E-state index is 11.3. The summed E-state index contributed by atoms with van der Waals surface area (Å²) in [5.41, 5.74) is 0.981. The number of Topliss-reactive ketones (excluding diaryl/α,β-unsaturated/α-hetero) is 1. The van der Waals surface area contributed by atoms with E-state index in [9.17, 15) is 9.90 Å². The second-order valence-corrected chi connectivity index (χ2v) is 5.97. The third kappa shape index (κ3) is 3.90. The van der Waals surface area contributed by atoms with Crippen LogP contribution in [0.3, 0.4) is 0 Å². The number of piperidine rings is 1. The molecule has 0 bridgehead atoms. The van der Waals surface area contributed by atoms with Crippen molar-refractivity contribution in [2.24, 2.45) is 0 Å². The van der Waals surface area contributed by atoms with Gasteiger partial charge in [0.05, 0.1) is 6.10 Å². The normalized spacial score (nSPS) is 25.4. The average Bonchev–Trinajstić information content (AvgIpc) is 2.43. The number of likely N-dealkylation sites (tertiary alicyclic amines) is 1. The van der Waals surface area contributed by atoms with Gasteiger partial charge in [-0.2, -0.15) is 0 Å². The maximum atomic E-state index is 11.3. The molecule has 1 saturated heterocycles. The molecule has 0 amide bonds. The zero-order chi connectivity index (χ0) is 14.5. The highest BCUT2D eigenvalue weighted by Gasteiger charge is 2.29. The third-order valence-electron chi connectivity index (χ3n) is 4.43. The Hall–Kier alpha value is -1.19. The number of hydrogen-bond acceptors (Lipinski definition) is 3. The van der Waals surface area contributed by atoms with Gasteiger partial charge in [-0.1, -0.05) is 36.8 Å². The molecule has 3 atom stereocenters. The smallest absolute Gasteiger partial charge is 0.131 e. The highest BCUT2D eigenvalue weighted by Crippen LogP contribution is 2.29. The largest absolute Gasteiger partial charge is 0.388 e. The van der Waals surface area contributed by atoms with Gasteiger partial charge in [0.15, 0.2) is 0 Å². The second-order valence-electron chi connectivity index (χ2n) is 5.97. The highest BCUT2D eigenvalue weighted by atomic mass is 16.3. The highest BCUT2D eigenvalue weighted by molar-refractivity contribution is 5.76. The van der Waals surface area contributed by atoms with Crippen molar-refractivity contribution in [1.82, 2.24) is 4.90 Å². The minimum atomic E-state index is -0.417. The zero-order valence-electron chi connectivity index (χ0n) is 12.5. The summed E-state index contributed by atoms with van der Waals surface area (Å²) in [6.45, 7) is 1.66. The van der Waals surface area contributed by atoms with Crippen molar-refractivity contribution in [2.75, 3.05) is 7.05 Å². The van der Waals surface area contributed by atoms with Crippen molar-refractivity contribution < 1.29 is 9.90 Å². The van der Waals surface area contributed by atoms with Crippen LogP contribution in [0.4, 0.5) is 0 Å². The second kappa shape index (κ2) is 7.00. The van der Waals surface area contributed by atoms with Gasteiger partial charge in [0.25, 0.3) is 0 Å². The van der Waals surface area contributed by atoms with Crippen LogP contribution >= 0.6 is 0 Å². The SMILES string of the molecule is CC(=O)C[C@H]1CCC[C@@H](C[C@H](O)c2ccccc2)N1C. The molecule has 1 N–H and O–H groups in total. The number of carbonyl (C=O) groups excluding carboxylic acids is 1. The number of carbonyl (C=O) groups is 1. The summed E-state index contributed by atoms with van der Waals surface area (Å²) in [6.07, 6.45) is 4.31. The van der Waals surface area contributed by atoms with Gasteiger partial charge in [-0.05, 0) is 38.8 Å². The van der Waals surface area contributed by atoms with E-state index in [4.69, 9.17) is 0 Å². The van der Waals surface area contributed by atoms with E-state index in [1.165, 1.54) is 0 Å². The molecule has 3 nitrogen and oxygen atoms in total. The number of ketones is 1. The van der Waals surface area contributed by atoms with E-state index in [1.54, 1.807) is 6.92 Å². The molecule has 20 heavy (non-hydrogen) atoms. The van der Waals surface area contributed by atoms with Gasteiger partial charge in [0, 0.05) is 18.5 Å². The molecule has 1 aliphatic heterocycles. The summed E-state index contributed by atoms with van der Waals surface area (Å²) in [6, 6.07) is 10.5. The first-order valence-electron chi connectivity index (χ1n) is 7.52. The van der Waals surface area contributed by atoms with Crippen LogP contribution in [-0.2, 0) is 4.79 Å². The Balaban J connectivity index is 1.96. The molecular weight excluding hydrogens is 250 g/mol. The summed E-state index contributed by atoms with van der Waals surface area (Å²) >= 11 is 0. The van der Waals surface area contributed by atoms with Gasteiger partial charge in [0.1, 0.15) is 5.78 Å². The summed E-state index contributed by atoms with van der Waals surface area (Å²) in [7, 11) is 2.09. The molecule has 1 aliphatic rings. The van der Waals surface area contributed by atoms with Crippen molar-refractivity contribution in [3.63, 3.8) is 0 Å². The van der Waals surface area contributed by atoms with Crippen LogP contribution in [0, 0.1) is 0 Å². The minimum absolute atomic E-state index is 0.256. The summed E-state index contributed by atoms with van der Waals surface area (Å²) < 4.78 is 0. The summed E-state index contributed by atoms with van der Waals surface area (Å²) in [5, 5.41) is 10.4. The predicted octanol–water partition coefficient (Wildman–Crippen LogP) is 2.94. The summed E-state index contributed by atoms with van der Waals surface area (Å²) in [4.78, 5) is 13.6. The molecule has 0 unspecified atom stereocenters. The summed E-state index contributed by atoms with van der Waals surface area (Å²) in [5.74, 6) is 0.256. The average molecular weight is 275 g/mol. The predicted molar refractivity (Wildman–Crippen MR) is 80.5 cm³/mol. The van der Waals surface area contributed by atoms with Crippen molar-refractivity contribution in [2.45, 2.75) is 57.2 Å². The molecule has 0 aliphatic carbocycles. The third-order valence-corrected chi connectivity index (χ3v) is 4.43. The molecule has 0 spiro atoms. The Morgan fingerprint density at radius 3 is 2.60 bits per heavy atom. The first-order valence-corrected chi connectivity index (χ1v) is 7.52. The van der Waals surface area contributed by atoms with Crippen LogP contribution in [0.5, 0.6) is 0 Å². The van der Waals surface area contributed by atoms with Crippen LogP contribution in [-0.4, -0.2) is 34.9 Å². The topological polar surface area (TPSA) is 40.5 Å². The molecule has 0 radical (unpaired) electrons. The van der Waals surface area contributed by atoms with Crippen LogP contribution in [0.25, 0.3) is 0 Å². The maximum Gasteiger partial charge on any atom is 0.131 e. The molecule has 1 aromatic carbocycles. The van der Waals surface area contributed by atoms with E-state index in [0.29, 0.717) is 18.5 Å². The molecule has 1 aromatic rings. The molecular formula is C17H25NO2.